The average molecular weight is 139 g/mol. The van der Waals surface area contributed by atoms with Gasteiger partial charge in [-0.05, 0) is 13.0 Å². The number of carboxylic acid groups (broad SMARTS) is 1. The molecule has 0 aliphatic heterocycles. The Balaban J connectivity index is 4.54. The summed E-state index contributed by atoms with van der Waals surface area (Å²) in [5.74, 6) is -1.09. The molecule has 0 aliphatic rings. The first-order valence-corrected chi connectivity index (χ1v) is 2.74. The molecular weight excluding hydrogens is 130 g/mol. The van der Waals surface area contributed by atoms with E-state index in [0.29, 0.717) is 0 Å². The lowest BCUT2D eigenvalue weighted by atomic mass is 10.1. The molecule has 3 heteroatoms. The molecule has 0 aromatic rings. The predicted octanol–water partition coefficient (Wildman–Crippen LogP) is 1.22. The van der Waals surface area contributed by atoms with Crippen LogP contribution in [0.2, 0.25) is 0 Å². The van der Waals surface area contributed by atoms with Crippen LogP contribution in [0.25, 0.3) is 0 Å². The van der Waals surface area contributed by atoms with Crippen molar-refractivity contribution >= 4 is 11.7 Å². The fourth-order valence-corrected chi connectivity index (χ4v) is 0.504. The first-order chi connectivity index (χ1) is 4.63. The quantitative estimate of drug-likeness (QED) is 0.456. The standard InChI is InChI=1S/C7H9NO2/c1-3-5(7(9)10)6(8)4-2/h3-4,8H,2H2,1H3,(H,9,10)/b5-3+,8-6?. The largest absolute Gasteiger partial charge is 0.478 e. The molecule has 54 valence electrons. The van der Waals surface area contributed by atoms with Gasteiger partial charge in [0.25, 0.3) is 0 Å². The van der Waals surface area contributed by atoms with Crippen molar-refractivity contribution in [3.8, 4) is 0 Å². The van der Waals surface area contributed by atoms with Crippen LogP contribution >= 0.6 is 0 Å². The summed E-state index contributed by atoms with van der Waals surface area (Å²) in [6.45, 7) is 4.85. The third-order valence-corrected chi connectivity index (χ3v) is 1.01. The van der Waals surface area contributed by atoms with Crippen molar-refractivity contribution in [3.05, 3.63) is 24.3 Å². The Kier molecular flexibility index (Phi) is 3.11. The molecule has 0 unspecified atom stereocenters. The summed E-state index contributed by atoms with van der Waals surface area (Å²) in [7, 11) is 0. The van der Waals surface area contributed by atoms with Gasteiger partial charge in [0, 0.05) is 0 Å². The first-order valence-electron chi connectivity index (χ1n) is 2.74. The van der Waals surface area contributed by atoms with Gasteiger partial charge in [-0.15, -0.1) is 0 Å². The van der Waals surface area contributed by atoms with Gasteiger partial charge in [-0.25, -0.2) is 4.79 Å². The molecule has 0 saturated carbocycles. The number of carboxylic acids is 1. The fraction of sp³-hybridized carbons (Fsp3) is 0.143. The second-order valence-corrected chi connectivity index (χ2v) is 1.63. The summed E-state index contributed by atoms with van der Waals surface area (Å²) in [4.78, 5) is 10.3. The van der Waals surface area contributed by atoms with E-state index in [1.54, 1.807) is 6.92 Å². The Bertz CT molecular complexity index is 204. The van der Waals surface area contributed by atoms with Crippen molar-refractivity contribution in [1.82, 2.24) is 0 Å². The minimum Gasteiger partial charge on any atom is -0.478 e. The topological polar surface area (TPSA) is 61.2 Å². The normalized spacial score (nSPS) is 10.7. The van der Waals surface area contributed by atoms with Gasteiger partial charge in [0.1, 0.15) is 0 Å². The summed E-state index contributed by atoms with van der Waals surface area (Å²) >= 11 is 0. The van der Waals surface area contributed by atoms with E-state index in [9.17, 15) is 4.79 Å². The number of allylic oxidation sites excluding steroid dienone is 2. The molecule has 0 rings (SSSR count). The number of aliphatic carboxylic acids is 1. The Hall–Kier alpha value is -1.38. The van der Waals surface area contributed by atoms with Crippen molar-refractivity contribution in [1.29, 1.82) is 5.41 Å². The highest BCUT2D eigenvalue weighted by Crippen LogP contribution is 1.96. The van der Waals surface area contributed by atoms with Crippen LogP contribution in [0.5, 0.6) is 0 Å². The maximum Gasteiger partial charge on any atom is 0.337 e. The predicted molar refractivity (Wildman–Crippen MR) is 39.3 cm³/mol. The van der Waals surface area contributed by atoms with Gasteiger partial charge in [0.15, 0.2) is 0 Å². The van der Waals surface area contributed by atoms with E-state index in [-0.39, 0.29) is 11.3 Å². The monoisotopic (exact) mass is 139 g/mol. The highest BCUT2D eigenvalue weighted by atomic mass is 16.4. The average Bonchev–Trinajstić information content (AvgIpc) is 1.88. The van der Waals surface area contributed by atoms with E-state index in [4.69, 9.17) is 10.5 Å². The summed E-state index contributed by atoms with van der Waals surface area (Å²) in [5, 5.41) is 15.5. The zero-order valence-electron chi connectivity index (χ0n) is 5.72. The number of carbonyl (C=O) groups is 1. The Morgan fingerprint density at radius 2 is 2.20 bits per heavy atom. The Labute approximate surface area is 59.2 Å². The van der Waals surface area contributed by atoms with Crippen LogP contribution < -0.4 is 0 Å². The van der Waals surface area contributed by atoms with Gasteiger partial charge < -0.3 is 10.5 Å². The number of hydrogen-bond acceptors (Lipinski definition) is 2. The van der Waals surface area contributed by atoms with E-state index in [2.05, 4.69) is 6.58 Å². The first kappa shape index (κ1) is 8.62. The maximum absolute atomic E-state index is 10.3. The maximum atomic E-state index is 10.3. The molecule has 10 heavy (non-hydrogen) atoms. The molecule has 2 N–H and O–H groups in total. The number of nitrogens with one attached hydrogen (secondary N) is 1. The van der Waals surface area contributed by atoms with E-state index in [1.807, 2.05) is 0 Å². The van der Waals surface area contributed by atoms with Crippen molar-refractivity contribution in [2.75, 3.05) is 0 Å². The van der Waals surface area contributed by atoms with E-state index >= 15 is 0 Å². The summed E-state index contributed by atoms with van der Waals surface area (Å²) in [6, 6.07) is 0. The Morgan fingerprint density at radius 3 is 2.30 bits per heavy atom. The summed E-state index contributed by atoms with van der Waals surface area (Å²) in [5.41, 5.74) is -0.0787. The molecule has 0 radical (unpaired) electrons. The highest BCUT2D eigenvalue weighted by molar-refractivity contribution is 6.22. The molecule has 0 aromatic carbocycles. The van der Waals surface area contributed by atoms with Gasteiger partial charge in [0.05, 0.1) is 11.3 Å². The lowest BCUT2D eigenvalue weighted by Gasteiger charge is -1.95. The second-order valence-electron chi connectivity index (χ2n) is 1.63. The zero-order chi connectivity index (χ0) is 8.15. The third-order valence-electron chi connectivity index (χ3n) is 1.01. The molecule has 0 atom stereocenters. The van der Waals surface area contributed by atoms with Gasteiger partial charge in [-0.3, -0.25) is 0 Å². The fourth-order valence-electron chi connectivity index (χ4n) is 0.504. The SMILES string of the molecule is C=CC(=N)/C(=C\C)C(=O)O. The van der Waals surface area contributed by atoms with Crippen LogP contribution in [0.4, 0.5) is 0 Å². The molecule has 0 amide bonds. The minimum atomic E-state index is -1.09. The van der Waals surface area contributed by atoms with Crippen molar-refractivity contribution in [3.63, 3.8) is 0 Å². The second kappa shape index (κ2) is 3.61. The molecule has 0 aliphatic carbocycles. The van der Waals surface area contributed by atoms with Crippen LogP contribution in [0.15, 0.2) is 24.3 Å². The van der Waals surface area contributed by atoms with Crippen LogP contribution in [0, 0.1) is 5.41 Å². The molecular formula is C7H9NO2. The smallest absolute Gasteiger partial charge is 0.337 e. The van der Waals surface area contributed by atoms with Crippen LogP contribution in [-0.2, 0) is 4.79 Å². The van der Waals surface area contributed by atoms with E-state index < -0.39 is 5.97 Å². The van der Waals surface area contributed by atoms with Gasteiger partial charge in [-0.2, -0.15) is 0 Å². The molecule has 0 fully saturated rings. The number of rotatable bonds is 3. The minimum absolute atomic E-state index is 0.0185. The van der Waals surface area contributed by atoms with Gasteiger partial charge >= 0.3 is 5.97 Å². The van der Waals surface area contributed by atoms with Crippen LogP contribution in [0.1, 0.15) is 6.92 Å². The Morgan fingerprint density at radius 1 is 1.70 bits per heavy atom. The lowest BCUT2D eigenvalue weighted by Crippen LogP contribution is -2.08. The van der Waals surface area contributed by atoms with Crippen molar-refractivity contribution in [2.45, 2.75) is 6.92 Å². The molecule has 0 heterocycles. The molecule has 0 bridgehead atoms. The van der Waals surface area contributed by atoms with Gasteiger partial charge in [0.2, 0.25) is 0 Å². The van der Waals surface area contributed by atoms with Crippen molar-refractivity contribution in [2.24, 2.45) is 0 Å². The summed E-state index contributed by atoms with van der Waals surface area (Å²) < 4.78 is 0. The molecule has 0 aromatic heterocycles. The molecule has 0 saturated heterocycles. The number of hydrogen-bond donors (Lipinski definition) is 2. The molecule has 0 spiro atoms. The van der Waals surface area contributed by atoms with E-state index in [0.717, 1.165) is 0 Å². The lowest BCUT2D eigenvalue weighted by molar-refractivity contribution is -0.132. The van der Waals surface area contributed by atoms with Crippen LogP contribution in [0.3, 0.4) is 0 Å². The van der Waals surface area contributed by atoms with E-state index in [1.165, 1.54) is 12.2 Å². The van der Waals surface area contributed by atoms with Crippen LogP contribution in [-0.4, -0.2) is 16.8 Å². The zero-order valence-corrected chi connectivity index (χ0v) is 5.72. The molecule has 3 nitrogen and oxygen atoms in total. The van der Waals surface area contributed by atoms with Gasteiger partial charge in [-0.1, -0.05) is 12.7 Å². The third kappa shape index (κ3) is 1.85. The highest BCUT2D eigenvalue weighted by Gasteiger charge is 2.07. The summed E-state index contributed by atoms with van der Waals surface area (Å²) in [6.07, 6.45) is 2.57. The van der Waals surface area contributed by atoms with Crippen molar-refractivity contribution < 1.29 is 9.90 Å².